The number of hydrogen-bond donors (Lipinski definition) is 0. The summed E-state index contributed by atoms with van der Waals surface area (Å²) in [7, 11) is 0. The number of rotatable bonds is 3. The van der Waals surface area contributed by atoms with Crippen LogP contribution in [0.5, 0.6) is 0 Å². The third-order valence-electron chi connectivity index (χ3n) is 1.26. The summed E-state index contributed by atoms with van der Waals surface area (Å²) >= 11 is 0. The van der Waals surface area contributed by atoms with Gasteiger partial charge in [-0.15, -0.1) is 0 Å². The molecule has 0 spiro atoms. The van der Waals surface area contributed by atoms with Crippen molar-refractivity contribution < 1.29 is 53.0 Å². The lowest BCUT2D eigenvalue weighted by Crippen LogP contribution is -2.59. The second-order valence-corrected chi connectivity index (χ2v) is 2.56. The topological polar surface area (TPSA) is 9.23 Å². The smallest absolute Gasteiger partial charge is 0.263 e. The van der Waals surface area contributed by atoms with Gasteiger partial charge in [0.25, 0.3) is 0 Å². The normalized spacial score (nSPS) is 15.5. The van der Waals surface area contributed by atoms with E-state index in [9.17, 15) is 48.3 Å². The minimum Gasteiger partial charge on any atom is -0.263 e. The number of alkyl halides is 11. The molecule has 0 amide bonds. The fourth-order valence-electron chi connectivity index (χ4n) is 0.508. The summed E-state index contributed by atoms with van der Waals surface area (Å²) in [6, 6.07) is 0. The van der Waals surface area contributed by atoms with Crippen LogP contribution in [0.4, 0.5) is 48.3 Å². The van der Waals surface area contributed by atoms with Gasteiger partial charge in [0.15, 0.2) is 0 Å². The largest absolute Gasteiger partial charge is 0.458 e. The Kier molecular flexibility index (Phi) is 3.94. The predicted octanol–water partition coefficient (Wildman–Crippen LogP) is 3.65. The molecule has 0 aliphatic rings. The third-order valence-corrected chi connectivity index (χ3v) is 1.26. The molecule has 0 aromatic rings. The van der Waals surface area contributed by atoms with Crippen LogP contribution in [0.2, 0.25) is 0 Å². The van der Waals surface area contributed by atoms with E-state index in [1.165, 1.54) is 0 Å². The van der Waals surface area contributed by atoms with Crippen LogP contribution in [0.3, 0.4) is 0 Å². The molecule has 1 nitrogen and oxygen atoms in total. The zero-order chi connectivity index (χ0) is 14.3. The summed E-state index contributed by atoms with van der Waals surface area (Å²) in [6.07, 6.45) is -25.3. The molecule has 0 fully saturated rings. The van der Waals surface area contributed by atoms with Gasteiger partial charge in [0.05, 0.1) is 0 Å². The quantitative estimate of drug-likeness (QED) is 0.719. The van der Waals surface area contributed by atoms with E-state index in [-0.39, 0.29) is 0 Å². The van der Waals surface area contributed by atoms with Gasteiger partial charge in [-0.05, 0) is 0 Å². The Morgan fingerprint density at radius 1 is 0.647 bits per heavy atom. The summed E-state index contributed by atoms with van der Waals surface area (Å²) in [5, 5.41) is 0. The Morgan fingerprint density at radius 2 is 0.941 bits per heavy atom. The first-order valence-corrected chi connectivity index (χ1v) is 3.33. The fraction of sp³-hybridized carbons (Fsp3) is 1.00. The Hall–Kier alpha value is -0.810. The molecule has 0 N–H and O–H groups in total. The zero-order valence-corrected chi connectivity index (χ0v) is 7.14. The van der Waals surface area contributed by atoms with Crippen molar-refractivity contribution in [3.63, 3.8) is 0 Å². The number of hydrogen-bond acceptors (Lipinski definition) is 1. The van der Waals surface area contributed by atoms with E-state index in [1.807, 2.05) is 0 Å². The van der Waals surface area contributed by atoms with Gasteiger partial charge in [0.1, 0.15) is 0 Å². The van der Waals surface area contributed by atoms with Gasteiger partial charge in [-0.1, -0.05) is 0 Å². The van der Waals surface area contributed by atoms with Crippen LogP contribution < -0.4 is 0 Å². The molecule has 0 unspecified atom stereocenters. The minimum atomic E-state index is -7.00. The molecule has 0 rings (SSSR count). The monoisotopic (exact) mass is 286 g/mol. The SMILES string of the molecule is FC(F)C(F)(F)OC(F)(C(F)(F)F)C(F)(F)F. The van der Waals surface area contributed by atoms with E-state index >= 15 is 0 Å². The van der Waals surface area contributed by atoms with Crippen molar-refractivity contribution in [1.29, 1.82) is 0 Å². The highest BCUT2D eigenvalue weighted by Crippen LogP contribution is 2.50. The highest BCUT2D eigenvalue weighted by Gasteiger charge is 2.78. The first-order valence-electron chi connectivity index (χ1n) is 3.33. The van der Waals surface area contributed by atoms with Gasteiger partial charge in [-0.25, -0.2) is 8.78 Å². The highest BCUT2D eigenvalue weighted by molar-refractivity contribution is 4.87. The number of halogens is 11. The molecule has 0 aromatic carbocycles. The Morgan fingerprint density at radius 3 is 1.12 bits per heavy atom. The molecule has 0 radical (unpaired) electrons. The molecular weight excluding hydrogens is 285 g/mol. The summed E-state index contributed by atoms with van der Waals surface area (Å²) in [5.74, 6) is -6.89. The summed E-state index contributed by atoms with van der Waals surface area (Å²) in [4.78, 5) is 0. The summed E-state index contributed by atoms with van der Waals surface area (Å²) in [5.41, 5.74) is 0. The van der Waals surface area contributed by atoms with E-state index in [2.05, 4.69) is 0 Å². The van der Waals surface area contributed by atoms with Crippen LogP contribution >= 0.6 is 0 Å². The van der Waals surface area contributed by atoms with Crippen molar-refractivity contribution in [1.82, 2.24) is 0 Å². The Balaban J connectivity index is 5.41. The maximum atomic E-state index is 12.4. The lowest BCUT2D eigenvalue weighted by Gasteiger charge is -2.32. The molecule has 0 aliphatic carbocycles. The summed E-state index contributed by atoms with van der Waals surface area (Å²) in [6.45, 7) is 0. The van der Waals surface area contributed by atoms with Gasteiger partial charge in [-0.2, -0.15) is 39.5 Å². The molecule has 0 saturated heterocycles. The maximum absolute atomic E-state index is 12.4. The minimum absolute atomic E-state index is 1.62. The maximum Gasteiger partial charge on any atom is 0.458 e. The molecule has 0 aliphatic heterocycles. The molecule has 0 atom stereocenters. The van der Waals surface area contributed by atoms with Gasteiger partial charge in [0, 0.05) is 0 Å². The molecule has 12 heteroatoms. The van der Waals surface area contributed by atoms with E-state index in [0.717, 1.165) is 0 Å². The Labute approximate surface area is 85.1 Å². The molecular formula is C5HF11O. The number of ether oxygens (including phenoxy) is 1. The van der Waals surface area contributed by atoms with Crippen LogP contribution in [-0.2, 0) is 4.74 Å². The molecule has 104 valence electrons. The summed E-state index contributed by atoms with van der Waals surface area (Å²) < 4.78 is 130. The second-order valence-electron chi connectivity index (χ2n) is 2.56. The third kappa shape index (κ3) is 3.10. The fourth-order valence-corrected chi connectivity index (χ4v) is 0.508. The molecule has 0 heterocycles. The van der Waals surface area contributed by atoms with Gasteiger partial charge in [-0.3, -0.25) is 4.74 Å². The van der Waals surface area contributed by atoms with Crippen LogP contribution in [0.25, 0.3) is 0 Å². The van der Waals surface area contributed by atoms with E-state index in [4.69, 9.17) is 0 Å². The predicted molar refractivity (Wildman–Crippen MR) is 28.0 cm³/mol. The van der Waals surface area contributed by atoms with Crippen molar-refractivity contribution in [2.75, 3.05) is 0 Å². The van der Waals surface area contributed by atoms with E-state index in [0.29, 0.717) is 0 Å². The van der Waals surface area contributed by atoms with Crippen molar-refractivity contribution >= 4 is 0 Å². The molecule has 0 aromatic heterocycles. The highest BCUT2D eigenvalue weighted by atomic mass is 19.4. The molecule has 0 saturated carbocycles. The van der Waals surface area contributed by atoms with Crippen molar-refractivity contribution in [3.8, 4) is 0 Å². The average molecular weight is 286 g/mol. The van der Waals surface area contributed by atoms with Crippen molar-refractivity contribution in [2.24, 2.45) is 0 Å². The van der Waals surface area contributed by atoms with Gasteiger partial charge in [0.2, 0.25) is 0 Å². The first-order chi connectivity index (χ1) is 7.15. The average Bonchev–Trinajstić information content (AvgIpc) is 1.98. The first kappa shape index (κ1) is 16.2. The van der Waals surface area contributed by atoms with Crippen LogP contribution in [0.1, 0.15) is 0 Å². The van der Waals surface area contributed by atoms with E-state index < -0.39 is 30.7 Å². The lowest BCUT2D eigenvalue weighted by atomic mass is 10.3. The van der Waals surface area contributed by atoms with E-state index in [1.54, 1.807) is 4.74 Å². The van der Waals surface area contributed by atoms with Gasteiger partial charge >= 0.3 is 30.7 Å². The van der Waals surface area contributed by atoms with Crippen molar-refractivity contribution in [3.05, 3.63) is 0 Å². The standard InChI is InChI=1S/C5HF11O/c6-1(7)2(8,9)17-3(10,4(11,12)13)5(14,15)16/h1H. The van der Waals surface area contributed by atoms with Crippen molar-refractivity contribution in [2.45, 2.75) is 30.7 Å². The molecule has 17 heavy (non-hydrogen) atoms. The van der Waals surface area contributed by atoms with Crippen LogP contribution in [0.15, 0.2) is 0 Å². The second kappa shape index (κ2) is 4.14. The van der Waals surface area contributed by atoms with Crippen LogP contribution in [0, 0.1) is 0 Å². The molecule has 0 bridgehead atoms. The lowest BCUT2D eigenvalue weighted by molar-refractivity contribution is -0.491. The zero-order valence-electron chi connectivity index (χ0n) is 7.14. The van der Waals surface area contributed by atoms with Gasteiger partial charge < -0.3 is 0 Å². The Bertz CT molecular complexity index is 248. The van der Waals surface area contributed by atoms with Crippen LogP contribution in [-0.4, -0.2) is 30.7 Å².